The number of anilines is 1. The zero-order valence-electron chi connectivity index (χ0n) is 17.0. The van der Waals surface area contributed by atoms with Gasteiger partial charge in [0.15, 0.2) is 6.04 Å². The number of likely N-dealkylation sites (N-methyl/N-ethyl adjacent to an activating group) is 1. The molecule has 0 saturated carbocycles. The first-order valence-corrected chi connectivity index (χ1v) is 10.5. The van der Waals surface area contributed by atoms with E-state index in [0.717, 1.165) is 33.4 Å². The van der Waals surface area contributed by atoms with Gasteiger partial charge in [-0.15, -0.1) is 11.3 Å². The number of carbonyl (C=O) groups excluding carboxylic acids is 1. The van der Waals surface area contributed by atoms with Crippen molar-refractivity contribution in [3.05, 3.63) is 58.3 Å². The molecular formula is C23H25N2O3S+. The van der Waals surface area contributed by atoms with Crippen LogP contribution in [0.1, 0.15) is 17.4 Å². The molecule has 0 saturated heterocycles. The Hall–Kier alpha value is -2.83. The summed E-state index contributed by atoms with van der Waals surface area (Å²) in [5, 5.41) is 7.13. The van der Waals surface area contributed by atoms with E-state index in [1.807, 2.05) is 50.4 Å². The number of ether oxygens (including phenoxy) is 1. The summed E-state index contributed by atoms with van der Waals surface area (Å²) in [5.41, 5.74) is 3.44. The van der Waals surface area contributed by atoms with Gasteiger partial charge in [-0.3, -0.25) is 4.79 Å². The topological polar surface area (TPSA) is 55.9 Å². The Bertz CT molecular complexity index is 1180. The molecule has 1 amide bonds. The summed E-state index contributed by atoms with van der Waals surface area (Å²) in [5.74, 6) is 0.571. The molecule has 0 spiro atoms. The van der Waals surface area contributed by atoms with Crippen LogP contribution in [0.2, 0.25) is 0 Å². The van der Waals surface area contributed by atoms with Crippen LogP contribution in [-0.4, -0.2) is 26.1 Å². The average Bonchev–Trinajstić information content (AvgIpc) is 3.29. The second-order valence-electron chi connectivity index (χ2n) is 7.41. The largest absolute Gasteiger partial charge is 0.495 e. The number of amides is 1. The van der Waals surface area contributed by atoms with Crippen molar-refractivity contribution in [1.82, 2.24) is 0 Å². The van der Waals surface area contributed by atoms with Crippen molar-refractivity contribution in [2.24, 2.45) is 0 Å². The third-order valence-electron chi connectivity index (χ3n) is 5.50. The van der Waals surface area contributed by atoms with E-state index in [1.54, 1.807) is 18.4 Å². The van der Waals surface area contributed by atoms with Crippen molar-refractivity contribution in [3.63, 3.8) is 0 Å². The maximum atomic E-state index is 12.9. The van der Waals surface area contributed by atoms with Crippen LogP contribution in [0.3, 0.4) is 0 Å². The summed E-state index contributed by atoms with van der Waals surface area (Å²) in [6, 6.07) is 13.6. The Balaban J connectivity index is 1.58. The molecule has 2 N–H and O–H groups in total. The Labute approximate surface area is 173 Å². The number of fused-ring (bicyclic) bond motifs is 3. The van der Waals surface area contributed by atoms with Gasteiger partial charge in [-0.25, -0.2) is 0 Å². The first kappa shape index (κ1) is 19.5. The lowest BCUT2D eigenvalue weighted by molar-refractivity contribution is -0.907. The summed E-state index contributed by atoms with van der Waals surface area (Å²) in [6.45, 7) is 4.87. The molecule has 2 heterocycles. The van der Waals surface area contributed by atoms with Crippen LogP contribution in [0, 0.1) is 6.92 Å². The summed E-state index contributed by atoms with van der Waals surface area (Å²) in [7, 11) is 3.66. The van der Waals surface area contributed by atoms with Crippen LogP contribution in [0.5, 0.6) is 5.75 Å². The van der Waals surface area contributed by atoms with Crippen LogP contribution in [0.4, 0.5) is 5.69 Å². The predicted octanol–water partition coefficient (Wildman–Crippen LogP) is 4.01. The fraction of sp³-hybridized carbons (Fsp3) is 0.261. The number of thiophene rings is 1. The number of aryl methyl sites for hydroxylation is 1. The summed E-state index contributed by atoms with van der Waals surface area (Å²) >= 11 is 1.74. The third-order valence-corrected chi connectivity index (χ3v) is 6.52. The van der Waals surface area contributed by atoms with Gasteiger partial charge in [-0.05, 0) is 43.0 Å². The molecule has 0 bridgehead atoms. The van der Waals surface area contributed by atoms with Gasteiger partial charge in [0.25, 0.3) is 5.91 Å². The molecule has 4 rings (SSSR count). The minimum absolute atomic E-state index is 0.0505. The van der Waals surface area contributed by atoms with Crippen LogP contribution in [0.15, 0.2) is 52.3 Å². The van der Waals surface area contributed by atoms with Crippen LogP contribution >= 0.6 is 11.3 Å². The zero-order valence-corrected chi connectivity index (χ0v) is 17.9. The molecular weight excluding hydrogens is 384 g/mol. The lowest BCUT2D eigenvalue weighted by Crippen LogP contribution is -3.12. The first-order valence-electron chi connectivity index (χ1n) is 9.63. The second-order valence-corrected chi connectivity index (χ2v) is 8.41. The number of para-hydroxylation sites is 1. The highest BCUT2D eigenvalue weighted by atomic mass is 32.1. The van der Waals surface area contributed by atoms with E-state index in [0.29, 0.717) is 11.4 Å². The number of nitrogens with one attached hydrogen (secondary N) is 2. The number of quaternary nitrogens is 1. The molecule has 0 aliphatic rings. The van der Waals surface area contributed by atoms with Crippen molar-refractivity contribution in [3.8, 4) is 5.75 Å². The maximum absolute atomic E-state index is 12.9. The quantitative estimate of drug-likeness (QED) is 0.506. The normalized spacial score (nSPS) is 13.5. The lowest BCUT2D eigenvalue weighted by atomic mass is 10.1. The molecule has 2 atom stereocenters. The van der Waals surface area contributed by atoms with Crippen LogP contribution in [-0.2, 0) is 11.3 Å². The van der Waals surface area contributed by atoms with Gasteiger partial charge >= 0.3 is 0 Å². The maximum Gasteiger partial charge on any atom is 0.282 e. The number of benzene rings is 2. The minimum atomic E-state index is -0.215. The molecule has 0 aliphatic heterocycles. The monoisotopic (exact) mass is 409 g/mol. The molecule has 4 aromatic rings. The molecule has 150 valence electrons. The smallest absolute Gasteiger partial charge is 0.282 e. The average molecular weight is 410 g/mol. The van der Waals surface area contributed by atoms with Gasteiger partial charge in [0.05, 0.1) is 24.7 Å². The van der Waals surface area contributed by atoms with Crippen molar-refractivity contribution in [1.29, 1.82) is 0 Å². The van der Waals surface area contributed by atoms with E-state index in [-0.39, 0.29) is 11.9 Å². The zero-order chi connectivity index (χ0) is 20.5. The van der Waals surface area contributed by atoms with Crippen molar-refractivity contribution in [2.45, 2.75) is 26.4 Å². The lowest BCUT2D eigenvalue weighted by Gasteiger charge is -2.21. The fourth-order valence-electron chi connectivity index (χ4n) is 3.47. The number of methoxy groups -OCH3 is 1. The Morgan fingerprint density at radius 3 is 2.72 bits per heavy atom. The second kappa shape index (κ2) is 7.89. The molecule has 29 heavy (non-hydrogen) atoms. The van der Waals surface area contributed by atoms with Gasteiger partial charge in [0.2, 0.25) is 0 Å². The highest BCUT2D eigenvalue weighted by Gasteiger charge is 2.24. The van der Waals surface area contributed by atoms with Crippen molar-refractivity contribution < 1.29 is 18.8 Å². The molecule has 2 aromatic carbocycles. The van der Waals surface area contributed by atoms with Gasteiger partial charge in [0, 0.05) is 16.8 Å². The molecule has 0 radical (unpaired) electrons. The number of hydrogen-bond donors (Lipinski definition) is 2. The Morgan fingerprint density at radius 1 is 1.21 bits per heavy atom. The molecule has 0 fully saturated rings. The fourth-order valence-corrected chi connectivity index (χ4v) is 4.48. The predicted molar refractivity (Wildman–Crippen MR) is 118 cm³/mol. The van der Waals surface area contributed by atoms with E-state index in [9.17, 15) is 4.79 Å². The van der Waals surface area contributed by atoms with Gasteiger partial charge in [0.1, 0.15) is 23.5 Å². The minimum Gasteiger partial charge on any atom is -0.495 e. The first-order chi connectivity index (χ1) is 14.0. The molecule has 2 aromatic heterocycles. The molecule has 5 nitrogen and oxygen atoms in total. The SMILES string of the molecule is COc1cc2c(cc1NC(=O)[C@@H](C)[NH+](C)Cc1sccc1C)oc1ccccc12. The van der Waals surface area contributed by atoms with Gasteiger partial charge in [-0.2, -0.15) is 0 Å². The van der Waals surface area contributed by atoms with E-state index in [2.05, 4.69) is 23.7 Å². The van der Waals surface area contributed by atoms with Gasteiger partial charge < -0.3 is 19.4 Å². The highest BCUT2D eigenvalue weighted by molar-refractivity contribution is 7.10. The summed E-state index contributed by atoms with van der Waals surface area (Å²) in [4.78, 5) is 15.4. The van der Waals surface area contributed by atoms with E-state index in [1.165, 1.54) is 10.4 Å². The van der Waals surface area contributed by atoms with E-state index >= 15 is 0 Å². The van der Waals surface area contributed by atoms with Crippen LogP contribution < -0.4 is 15.0 Å². The van der Waals surface area contributed by atoms with Crippen molar-refractivity contribution in [2.75, 3.05) is 19.5 Å². The summed E-state index contributed by atoms with van der Waals surface area (Å²) in [6.07, 6.45) is 0. The number of carbonyl (C=O) groups is 1. The number of hydrogen-bond acceptors (Lipinski definition) is 4. The number of rotatable bonds is 6. The third kappa shape index (κ3) is 3.73. The molecule has 0 aliphatic carbocycles. The van der Waals surface area contributed by atoms with Crippen molar-refractivity contribution >= 4 is 44.9 Å². The van der Waals surface area contributed by atoms with Crippen LogP contribution in [0.25, 0.3) is 21.9 Å². The standard InChI is InChI=1S/C23H24N2O3S/c1-14-9-10-29-22(14)13-25(3)15(2)23(26)24-18-12-20-17(11-21(18)27-4)16-7-5-6-8-19(16)28-20/h5-12,15H,13H2,1-4H3,(H,24,26)/p+1/t15-/m1/s1. The number of furan rings is 1. The van der Waals surface area contributed by atoms with Gasteiger partial charge in [-0.1, -0.05) is 18.2 Å². The molecule has 1 unspecified atom stereocenters. The molecule has 6 heteroatoms. The Morgan fingerprint density at radius 2 is 2.00 bits per heavy atom. The van der Waals surface area contributed by atoms with E-state index < -0.39 is 0 Å². The summed E-state index contributed by atoms with van der Waals surface area (Å²) < 4.78 is 11.5. The highest BCUT2D eigenvalue weighted by Crippen LogP contribution is 2.36. The van der Waals surface area contributed by atoms with E-state index in [4.69, 9.17) is 9.15 Å². The Kier molecular flexibility index (Phi) is 5.30.